The molecule has 0 bridgehead atoms. The zero-order valence-electron chi connectivity index (χ0n) is 17.4. The summed E-state index contributed by atoms with van der Waals surface area (Å²) in [6.07, 6.45) is 4.04. The number of hydrogen-bond donors (Lipinski definition) is 5. The van der Waals surface area contributed by atoms with Crippen molar-refractivity contribution in [1.82, 2.24) is 10.6 Å². The third-order valence-corrected chi connectivity index (χ3v) is 5.82. The summed E-state index contributed by atoms with van der Waals surface area (Å²) < 4.78 is 37.9. The molecule has 1 fully saturated rings. The predicted molar refractivity (Wildman–Crippen MR) is 112 cm³/mol. The number of carbonyl (C=O) groups is 2. The van der Waals surface area contributed by atoms with E-state index in [-0.39, 0.29) is 24.3 Å². The van der Waals surface area contributed by atoms with Crippen molar-refractivity contribution in [3.63, 3.8) is 0 Å². The Labute approximate surface area is 184 Å². The van der Waals surface area contributed by atoms with E-state index in [0.29, 0.717) is 6.07 Å². The fraction of sp³-hybridized carbons (Fsp3) is 0.524. The summed E-state index contributed by atoms with van der Waals surface area (Å²) >= 11 is 0. The standard InChI is InChI=1S/C21H27F2N2O6P/c22-16-10-9-15(17(23)12-16)7-4-8-18(24-13-32(29,30)31)20(26)25-19(21(27)28)11-14-5-2-1-3-6-14/h9-10,12,14,18-19,24H,1-3,5-6,8,11,13H2,(H,25,26)(H,27,28)(H2,29,30,31)/t18-,19-/m0/s1. The summed E-state index contributed by atoms with van der Waals surface area (Å²) in [4.78, 5) is 42.5. The molecule has 0 aromatic heterocycles. The number of rotatable bonds is 9. The maximum atomic E-state index is 13.7. The fourth-order valence-corrected chi connectivity index (χ4v) is 4.03. The lowest BCUT2D eigenvalue weighted by Gasteiger charge is -2.26. The molecular weight excluding hydrogens is 445 g/mol. The Morgan fingerprint density at radius 3 is 2.44 bits per heavy atom. The fourth-order valence-electron chi connectivity index (χ4n) is 3.58. The largest absolute Gasteiger partial charge is 0.480 e. The highest BCUT2D eigenvalue weighted by atomic mass is 31.2. The summed E-state index contributed by atoms with van der Waals surface area (Å²) in [5.41, 5.74) is -0.110. The van der Waals surface area contributed by atoms with E-state index in [1.165, 1.54) is 0 Å². The third kappa shape index (κ3) is 9.05. The second-order valence-electron chi connectivity index (χ2n) is 7.85. The topological polar surface area (TPSA) is 136 Å². The molecule has 1 aliphatic rings. The molecule has 1 aliphatic carbocycles. The second kappa shape index (κ2) is 12.1. The van der Waals surface area contributed by atoms with Crippen molar-refractivity contribution in [3.8, 4) is 11.8 Å². The van der Waals surface area contributed by atoms with Gasteiger partial charge in [0, 0.05) is 12.5 Å². The van der Waals surface area contributed by atoms with Crippen molar-refractivity contribution >= 4 is 19.5 Å². The second-order valence-corrected chi connectivity index (χ2v) is 9.49. The molecule has 2 atom stereocenters. The van der Waals surface area contributed by atoms with Gasteiger partial charge in [0.25, 0.3) is 0 Å². The number of carboxylic acid groups (broad SMARTS) is 1. The Morgan fingerprint density at radius 1 is 1.16 bits per heavy atom. The van der Waals surface area contributed by atoms with Crippen LogP contribution in [0.1, 0.15) is 50.5 Å². The van der Waals surface area contributed by atoms with Crippen molar-refractivity contribution in [2.75, 3.05) is 6.29 Å². The van der Waals surface area contributed by atoms with E-state index in [9.17, 15) is 28.0 Å². The van der Waals surface area contributed by atoms with E-state index in [0.717, 1.165) is 44.2 Å². The van der Waals surface area contributed by atoms with Gasteiger partial charge >= 0.3 is 13.6 Å². The van der Waals surface area contributed by atoms with E-state index in [1.807, 2.05) is 0 Å². The molecule has 8 nitrogen and oxygen atoms in total. The lowest BCUT2D eigenvalue weighted by Crippen LogP contribution is -2.50. The highest BCUT2D eigenvalue weighted by molar-refractivity contribution is 7.51. The van der Waals surface area contributed by atoms with Gasteiger partial charge in [-0.25, -0.2) is 13.6 Å². The molecule has 0 saturated heterocycles. The smallest absolute Gasteiger partial charge is 0.339 e. The number of aliphatic carboxylic acids is 1. The van der Waals surface area contributed by atoms with E-state index >= 15 is 0 Å². The lowest BCUT2D eigenvalue weighted by atomic mass is 9.85. The lowest BCUT2D eigenvalue weighted by molar-refractivity contribution is -0.142. The minimum Gasteiger partial charge on any atom is -0.480 e. The summed E-state index contributed by atoms with van der Waals surface area (Å²) in [7, 11) is -4.50. The molecule has 2 rings (SSSR count). The van der Waals surface area contributed by atoms with Crippen LogP contribution in [0.2, 0.25) is 0 Å². The Morgan fingerprint density at radius 2 is 1.84 bits per heavy atom. The molecule has 32 heavy (non-hydrogen) atoms. The number of hydrogen-bond acceptors (Lipinski definition) is 4. The first-order valence-electron chi connectivity index (χ1n) is 10.3. The summed E-state index contributed by atoms with van der Waals surface area (Å²) in [5.74, 6) is 1.50. The molecule has 1 aromatic rings. The molecule has 0 radical (unpaired) electrons. The van der Waals surface area contributed by atoms with Gasteiger partial charge in [-0.05, 0) is 24.5 Å². The third-order valence-electron chi connectivity index (χ3n) is 5.23. The Hall–Kier alpha value is -2.31. The minimum absolute atomic E-state index is 0.110. The van der Waals surface area contributed by atoms with Gasteiger partial charge in [0.2, 0.25) is 5.91 Å². The molecule has 1 aromatic carbocycles. The van der Waals surface area contributed by atoms with Crippen LogP contribution in [0.4, 0.5) is 8.78 Å². The van der Waals surface area contributed by atoms with Crippen LogP contribution in [0.25, 0.3) is 0 Å². The van der Waals surface area contributed by atoms with Crippen molar-refractivity contribution in [2.24, 2.45) is 5.92 Å². The molecule has 1 amide bonds. The summed E-state index contributed by atoms with van der Waals surface area (Å²) in [5, 5.41) is 14.3. The van der Waals surface area contributed by atoms with Gasteiger partial charge in [-0.3, -0.25) is 14.7 Å². The van der Waals surface area contributed by atoms with Crippen molar-refractivity contribution in [3.05, 3.63) is 35.4 Å². The van der Waals surface area contributed by atoms with Crippen LogP contribution in [0, 0.1) is 29.4 Å². The molecule has 0 heterocycles. The van der Waals surface area contributed by atoms with Crippen LogP contribution < -0.4 is 10.6 Å². The molecular formula is C21H27F2N2O6P. The zero-order chi connectivity index (χ0) is 23.7. The van der Waals surface area contributed by atoms with Crippen LogP contribution in [-0.2, 0) is 14.2 Å². The normalized spacial score (nSPS) is 16.5. The predicted octanol–water partition coefficient (Wildman–Crippen LogP) is 2.34. The van der Waals surface area contributed by atoms with Crippen LogP contribution in [0.15, 0.2) is 18.2 Å². The average molecular weight is 472 g/mol. The molecule has 176 valence electrons. The quantitative estimate of drug-likeness (QED) is 0.275. The Balaban J connectivity index is 2.09. The molecule has 11 heteroatoms. The number of halogens is 2. The minimum atomic E-state index is -4.50. The van der Waals surface area contributed by atoms with Crippen molar-refractivity contribution in [1.29, 1.82) is 0 Å². The van der Waals surface area contributed by atoms with E-state index in [2.05, 4.69) is 22.5 Å². The molecule has 0 aliphatic heterocycles. The summed E-state index contributed by atoms with van der Waals surface area (Å²) in [6, 6.07) is 0.412. The number of nitrogens with one attached hydrogen (secondary N) is 2. The first kappa shape index (κ1) is 25.9. The first-order valence-corrected chi connectivity index (χ1v) is 12.1. The van der Waals surface area contributed by atoms with Crippen LogP contribution in [0.5, 0.6) is 0 Å². The van der Waals surface area contributed by atoms with Gasteiger partial charge in [0.05, 0.1) is 17.9 Å². The first-order chi connectivity index (χ1) is 15.0. The van der Waals surface area contributed by atoms with Crippen LogP contribution >= 0.6 is 7.60 Å². The van der Waals surface area contributed by atoms with Crippen LogP contribution in [0.3, 0.4) is 0 Å². The highest BCUT2D eigenvalue weighted by Crippen LogP contribution is 2.32. The van der Waals surface area contributed by atoms with Gasteiger partial charge in [0.1, 0.15) is 17.7 Å². The maximum absolute atomic E-state index is 13.7. The number of amides is 1. The zero-order valence-corrected chi connectivity index (χ0v) is 18.3. The number of benzene rings is 1. The molecule has 0 unspecified atom stereocenters. The number of carbonyl (C=O) groups excluding carboxylic acids is 1. The van der Waals surface area contributed by atoms with Gasteiger partial charge in [-0.1, -0.05) is 43.9 Å². The van der Waals surface area contributed by atoms with Crippen molar-refractivity contribution < 1.29 is 37.8 Å². The molecule has 1 saturated carbocycles. The molecule has 0 spiro atoms. The monoisotopic (exact) mass is 472 g/mol. The average Bonchev–Trinajstić information content (AvgIpc) is 2.71. The van der Waals surface area contributed by atoms with Gasteiger partial charge < -0.3 is 20.2 Å². The van der Waals surface area contributed by atoms with E-state index in [4.69, 9.17) is 9.79 Å². The van der Waals surface area contributed by atoms with Gasteiger partial charge in [-0.2, -0.15) is 0 Å². The summed E-state index contributed by atoms with van der Waals surface area (Å²) in [6.45, 7) is 0. The highest BCUT2D eigenvalue weighted by Gasteiger charge is 2.29. The van der Waals surface area contributed by atoms with Crippen molar-refractivity contribution in [2.45, 2.75) is 57.0 Å². The molecule has 5 N–H and O–H groups in total. The van der Waals surface area contributed by atoms with E-state index < -0.39 is 49.5 Å². The van der Waals surface area contributed by atoms with Crippen LogP contribution in [-0.4, -0.2) is 45.1 Å². The van der Waals surface area contributed by atoms with Gasteiger partial charge in [-0.15, -0.1) is 0 Å². The van der Waals surface area contributed by atoms with Gasteiger partial charge in [0.15, 0.2) is 0 Å². The maximum Gasteiger partial charge on any atom is 0.339 e. The van der Waals surface area contributed by atoms with E-state index in [1.54, 1.807) is 0 Å². The Bertz CT molecular complexity index is 921. The Kier molecular flexibility index (Phi) is 9.79. The number of carboxylic acids is 1. The SMILES string of the molecule is O=C(O)[C@H](CC1CCCCC1)NC(=O)[C@H](CC#Cc1ccc(F)cc1F)NCP(=O)(O)O.